The fourth-order valence-corrected chi connectivity index (χ4v) is 0.512. The molecular formula is C9H14O3. The zero-order chi connectivity index (χ0) is 9.40. The van der Waals surface area contributed by atoms with Crippen LogP contribution in [0.3, 0.4) is 0 Å². The summed E-state index contributed by atoms with van der Waals surface area (Å²) in [7, 11) is 0. The molecule has 0 aliphatic rings. The highest BCUT2D eigenvalue weighted by Crippen LogP contribution is 1.98. The minimum absolute atomic E-state index is 0.240. The summed E-state index contributed by atoms with van der Waals surface area (Å²) in [5.41, 5.74) is 0.480. The molecule has 0 unspecified atom stereocenters. The second kappa shape index (κ2) is 6.46. The van der Waals surface area contributed by atoms with E-state index in [2.05, 4.69) is 13.2 Å². The molecule has 0 amide bonds. The third kappa shape index (κ3) is 4.55. The first-order valence-corrected chi connectivity index (χ1v) is 3.79. The van der Waals surface area contributed by atoms with Crippen LogP contribution in [0.2, 0.25) is 0 Å². The summed E-state index contributed by atoms with van der Waals surface area (Å²) in [6.07, 6.45) is 1.92. The summed E-state index contributed by atoms with van der Waals surface area (Å²) >= 11 is 0. The highest BCUT2D eigenvalue weighted by atomic mass is 16.6. The van der Waals surface area contributed by atoms with Crippen LogP contribution < -0.4 is 0 Å². The molecule has 3 heteroatoms. The second-order valence-electron chi connectivity index (χ2n) is 2.13. The van der Waals surface area contributed by atoms with Crippen LogP contribution in [0.5, 0.6) is 0 Å². The highest BCUT2D eigenvalue weighted by Gasteiger charge is 2.04. The van der Waals surface area contributed by atoms with Crippen LogP contribution in [-0.4, -0.2) is 19.2 Å². The predicted octanol–water partition coefficient (Wildman–Crippen LogP) is 1.66. The largest absolute Gasteiger partial charge is 0.498 e. The van der Waals surface area contributed by atoms with Crippen molar-refractivity contribution in [2.45, 2.75) is 13.3 Å². The molecule has 0 spiro atoms. The number of esters is 1. The Bertz CT molecular complexity index is 173. The van der Waals surface area contributed by atoms with E-state index in [0.29, 0.717) is 18.6 Å². The first-order valence-electron chi connectivity index (χ1n) is 3.79. The zero-order valence-corrected chi connectivity index (χ0v) is 7.34. The number of carbonyl (C=O) groups is 1. The minimum atomic E-state index is -0.356. The molecule has 0 bridgehead atoms. The normalized spacial score (nSPS) is 8.75. The number of hydrogen-bond acceptors (Lipinski definition) is 3. The third-order valence-corrected chi connectivity index (χ3v) is 1.27. The van der Waals surface area contributed by atoms with Crippen LogP contribution >= 0.6 is 0 Å². The van der Waals surface area contributed by atoms with E-state index in [9.17, 15) is 4.79 Å². The van der Waals surface area contributed by atoms with Crippen molar-refractivity contribution in [2.75, 3.05) is 13.2 Å². The van der Waals surface area contributed by atoms with E-state index in [1.54, 1.807) is 0 Å². The molecule has 0 radical (unpaired) electrons. The van der Waals surface area contributed by atoms with Gasteiger partial charge in [-0.1, -0.05) is 20.1 Å². The Morgan fingerprint density at radius 2 is 2.17 bits per heavy atom. The van der Waals surface area contributed by atoms with Crippen LogP contribution in [0.25, 0.3) is 0 Å². The van der Waals surface area contributed by atoms with Crippen molar-refractivity contribution in [3.05, 3.63) is 25.0 Å². The van der Waals surface area contributed by atoms with Crippen LogP contribution in [0.1, 0.15) is 13.3 Å². The molecular weight excluding hydrogens is 156 g/mol. The first kappa shape index (κ1) is 10.8. The van der Waals surface area contributed by atoms with Gasteiger partial charge >= 0.3 is 5.97 Å². The molecule has 0 fully saturated rings. The maximum Gasteiger partial charge on any atom is 0.333 e. The Kier molecular flexibility index (Phi) is 5.79. The van der Waals surface area contributed by atoms with Crippen molar-refractivity contribution in [3.8, 4) is 0 Å². The third-order valence-electron chi connectivity index (χ3n) is 1.27. The van der Waals surface area contributed by atoms with E-state index in [0.717, 1.165) is 0 Å². The summed E-state index contributed by atoms with van der Waals surface area (Å²) in [6, 6.07) is 0. The molecule has 0 aromatic carbocycles. The van der Waals surface area contributed by atoms with Crippen LogP contribution in [0.4, 0.5) is 0 Å². The highest BCUT2D eigenvalue weighted by molar-refractivity contribution is 5.87. The summed E-state index contributed by atoms with van der Waals surface area (Å²) in [6.45, 7) is 9.32. The second-order valence-corrected chi connectivity index (χ2v) is 2.13. The standard InChI is InChI=1S/C9H14O3/c1-4-8(3)9(10)12-7-6-11-5-2/h5H,2-4,6-7H2,1H3. The van der Waals surface area contributed by atoms with Crippen molar-refractivity contribution in [1.82, 2.24) is 0 Å². The lowest BCUT2D eigenvalue weighted by Crippen LogP contribution is -2.10. The van der Waals surface area contributed by atoms with Gasteiger partial charge in [-0.25, -0.2) is 4.79 Å². The molecule has 0 saturated heterocycles. The summed E-state index contributed by atoms with van der Waals surface area (Å²) in [5.74, 6) is -0.356. The molecule has 0 atom stereocenters. The smallest absolute Gasteiger partial charge is 0.333 e. The predicted molar refractivity (Wildman–Crippen MR) is 46.5 cm³/mol. The van der Waals surface area contributed by atoms with Gasteiger partial charge in [-0.3, -0.25) is 0 Å². The topological polar surface area (TPSA) is 35.5 Å². The van der Waals surface area contributed by atoms with E-state index in [1.807, 2.05) is 6.92 Å². The average molecular weight is 170 g/mol. The molecule has 0 rings (SSSR count). The fraction of sp³-hybridized carbons (Fsp3) is 0.444. The average Bonchev–Trinajstić information content (AvgIpc) is 2.10. The summed E-state index contributed by atoms with van der Waals surface area (Å²) < 4.78 is 9.54. The number of rotatable bonds is 6. The molecule has 0 saturated carbocycles. The van der Waals surface area contributed by atoms with Gasteiger partial charge in [0.05, 0.1) is 6.26 Å². The van der Waals surface area contributed by atoms with Crippen molar-refractivity contribution >= 4 is 5.97 Å². The number of carbonyl (C=O) groups excluding carboxylic acids is 1. The van der Waals surface area contributed by atoms with Gasteiger partial charge in [0.2, 0.25) is 0 Å². The number of hydrogen-bond donors (Lipinski definition) is 0. The van der Waals surface area contributed by atoms with Crippen molar-refractivity contribution in [2.24, 2.45) is 0 Å². The Morgan fingerprint density at radius 3 is 2.67 bits per heavy atom. The molecule has 0 aliphatic heterocycles. The molecule has 0 heterocycles. The molecule has 68 valence electrons. The van der Waals surface area contributed by atoms with Gasteiger partial charge in [0, 0.05) is 5.57 Å². The molecule has 0 N–H and O–H groups in total. The monoisotopic (exact) mass is 170 g/mol. The van der Waals surface area contributed by atoms with Gasteiger partial charge in [-0.15, -0.1) is 0 Å². The van der Waals surface area contributed by atoms with E-state index in [-0.39, 0.29) is 12.6 Å². The molecule has 0 aromatic rings. The van der Waals surface area contributed by atoms with Gasteiger partial charge in [-0.2, -0.15) is 0 Å². The molecule has 12 heavy (non-hydrogen) atoms. The summed E-state index contributed by atoms with van der Waals surface area (Å²) in [4.78, 5) is 10.9. The SMILES string of the molecule is C=COCCOC(=O)C(=C)CC. The van der Waals surface area contributed by atoms with Gasteiger partial charge in [0.1, 0.15) is 13.2 Å². The lowest BCUT2D eigenvalue weighted by molar-refractivity contribution is -0.140. The van der Waals surface area contributed by atoms with Gasteiger partial charge in [-0.05, 0) is 6.42 Å². The fourth-order valence-electron chi connectivity index (χ4n) is 0.512. The lowest BCUT2D eigenvalue weighted by Gasteiger charge is -2.04. The maximum atomic E-state index is 10.9. The maximum absolute atomic E-state index is 10.9. The van der Waals surface area contributed by atoms with Crippen molar-refractivity contribution in [3.63, 3.8) is 0 Å². The van der Waals surface area contributed by atoms with Gasteiger partial charge in [0.15, 0.2) is 0 Å². The van der Waals surface area contributed by atoms with E-state index in [1.165, 1.54) is 6.26 Å². The van der Waals surface area contributed by atoms with Crippen LogP contribution in [0, 0.1) is 0 Å². The first-order chi connectivity index (χ1) is 5.72. The summed E-state index contributed by atoms with van der Waals surface area (Å²) in [5, 5.41) is 0. The Balaban J connectivity index is 3.44. The Labute approximate surface area is 72.7 Å². The minimum Gasteiger partial charge on any atom is -0.498 e. The van der Waals surface area contributed by atoms with E-state index >= 15 is 0 Å². The van der Waals surface area contributed by atoms with Crippen molar-refractivity contribution in [1.29, 1.82) is 0 Å². The Hall–Kier alpha value is -1.25. The van der Waals surface area contributed by atoms with Crippen LogP contribution in [-0.2, 0) is 14.3 Å². The Morgan fingerprint density at radius 1 is 1.50 bits per heavy atom. The molecule has 3 nitrogen and oxygen atoms in total. The van der Waals surface area contributed by atoms with Gasteiger partial charge < -0.3 is 9.47 Å². The molecule has 0 aliphatic carbocycles. The van der Waals surface area contributed by atoms with Crippen LogP contribution in [0.15, 0.2) is 25.0 Å². The number of ether oxygens (including phenoxy) is 2. The molecule has 0 aromatic heterocycles. The van der Waals surface area contributed by atoms with Gasteiger partial charge in [0.25, 0.3) is 0 Å². The quantitative estimate of drug-likeness (QED) is 0.263. The van der Waals surface area contributed by atoms with E-state index < -0.39 is 0 Å². The van der Waals surface area contributed by atoms with Crippen molar-refractivity contribution < 1.29 is 14.3 Å². The zero-order valence-electron chi connectivity index (χ0n) is 7.34. The van der Waals surface area contributed by atoms with E-state index in [4.69, 9.17) is 9.47 Å². The lowest BCUT2D eigenvalue weighted by atomic mass is 10.2.